The zero-order chi connectivity index (χ0) is 30.1. The Hall–Kier alpha value is -2.65. The van der Waals surface area contributed by atoms with Crippen LogP contribution in [0.25, 0.3) is 0 Å². The van der Waals surface area contributed by atoms with Crippen LogP contribution in [0.2, 0.25) is 0 Å². The molecule has 4 fully saturated rings. The molecule has 2 saturated heterocycles. The van der Waals surface area contributed by atoms with Crippen molar-refractivity contribution in [2.75, 3.05) is 6.54 Å². The number of primary amides is 1. The third kappa shape index (κ3) is 7.23. The van der Waals surface area contributed by atoms with Gasteiger partial charge in [-0.2, -0.15) is 0 Å². The molecule has 10 nitrogen and oxygen atoms in total. The van der Waals surface area contributed by atoms with E-state index in [1.807, 2.05) is 0 Å². The molecule has 0 aromatic rings. The second-order valence-corrected chi connectivity index (χ2v) is 14.4. The first kappa shape index (κ1) is 31.3. The Morgan fingerprint density at radius 1 is 0.976 bits per heavy atom. The Balaban J connectivity index is 1.65. The first-order valence-electron chi connectivity index (χ1n) is 15.6. The van der Waals surface area contributed by atoms with Crippen molar-refractivity contribution in [3.63, 3.8) is 0 Å². The molecule has 4 amide bonds. The van der Waals surface area contributed by atoms with Gasteiger partial charge in [-0.25, -0.2) is 4.79 Å². The minimum Gasteiger partial charge on any atom is -0.444 e. The highest BCUT2D eigenvalue weighted by molar-refractivity contribution is 6.37. The van der Waals surface area contributed by atoms with E-state index < -0.39 is 47.4 Å². The number of carbonyl (C=O) groups excluding carboxylic acids is 5. The summed E-state index contributed by atoms with van der Waals surface area (Å²) in [6, 6.07) is -2.60. The van der Waals surface area contributed by atoms with E-state index in [0.717, 1.165) is 57.8 Å². The van der Waals surface area contributed by atoms with Crippen molar-refractivity contribution in [2.45, 2.75) is 129 Å². The van der Waals surface area contributed by atoms with Gasteiger partial charge in [-0.3, -0.25) is 19.2 Å². The monoisotopic (exact) mass is 574 g/mol. The Kier molecular flexibility index (Phi) is 9.38. The quantitative estimate of drug-likeness (QED) is 0.440. The maximum atomic E-state index is 14.4. The van der Waals surface area contributed by atoms with Gasteiger partial charge in [-0.1, -0.05) is 65.2 Å². The Labute approximate surface area is 244 Å². The van der Waals surface area contributed by atoms with Crippen LogP contribution in [0.15, 0.2) is 0 Å². The fraction of sp³-hybridized carbons (Fsp3) is 0.839. The van der Waals surface area contributed by atoms with Crippen LogP contribution < -0.4 is 16.4 Å². The third-order valence-corrected chi connectivity index (χ3v) is 9.97. The number of fused-ring (bicyclic) bond motifs is 5. The molecule has 0 aromatic carbocycles. The number of nitrogens with zero attached hydrogens (tertiary/aromatic N) is 1. The number of piperidine rings is 1. The lowest BCUT2D eigenvalue weighted by Gasteiger charge is -2.39. The summed E-state index contributed by atoms with van der Waals surface area (Å²) >= 11 is 0. The van der Waals surface area contributed by atoms with Crippen molar-refractivity contribution >= 4 is 29.6 Å². The summed E-state index contributed by atoms with van der Waals surface area (Å²) in [5.41, 5.74) is 4.48. The van der Waals surface area contributed by atoms with Gasteiger partial charge in [0.25, 0.3) is 5.91 Å². The van der Waals surface area contributed by atoms with Crippen molar-refractivity contribution in [3.8, 4) is 0 Å². The summed E-state index contributed by atoms with van der Waals surface area (Å²) in [7, 11) is 0. The first-order chi connectivity index (χ1) is 19.2. The number of ether oxygens (including phenoxy) is 1. The summed E-state index contributed by atoms with van der Waals surface area (Å²) in [6.07, 6.45) is 9.32. The molecule has 0 spiro atoms. The summed E-state index contributed by atoms with van der Waals surface area (Å²) in [5, 5.41) is 5.73. The van der Waals surface area contributed by atoms with E-state index >= 15 is 0 Å². The van der Waals surface area contributed by atoms with E-state index in [1.54, 1.807) is 25.7 Å². The largest absolute Gasteiger partial charge is 0.444 e. The molecular weight excluding hydrogens is 524 g/mol. The molecule has 2 heterocycles. The number of rotatable bonds is 3. The molecule has 2 saturated carbocycles. The molecule has 10 heteroatoms. The van der Waals surface area contributed by atoms with Gasteiger partial charge in [-0.05, 0) is 69.1 Å². The van der Waals surface area contributed by atoms with Crippen LogP contribution in [-0.4, -0.2) is 64.8 Å². The fourth-order valence-corrected chi connectivity index (χ4v) is 7.71. The molecule has 41 heavy (non-hydrogen) atoms. The summed E-state index contributed by atoms with van der Waals surface area (Å²) in [6.45, 7) is 9.95. The zero-order valence-electron chi connectivity index (χ0n) is 25.5. The minimum absolute atomic E-state index is 0.0534. The highest BCUT2D eigenvalue weighted by Crippen LogP contribution is 2.65. The number of alkyl carbamates (subject to hydrolysis) is 1. The second kappa shape index (κ2) is 12.3. The number of amides is 4. The third-order valence-electron chi connectivity index (χ3n) is 9.97. The molecule has 2 aliphatic carbocycles. The normalized spacial score (nSPS) is 34.4. The number of carbonyl (C=O) groups is 5. The number of nitrogens with two attached hydrogens (primary N) is 1. The van der Waals surface area contributed by atoms with Crippen LogP contribution in [0.5, 0.6) is 0 Å². The van der Waals surface area contributed by atoms with Crippen molar-refractivity contribution in [1.29, 1.82) is 0 Å². The minimum atomic E-state index is -1.07. The van der Waals surface area contributed by atoms with Crippen molar-refractivity contribution in [2.24, 2.45) is 34.8 Å². The molecule has 4 unspecified atom stereocenters. The Morgan fingerprint density at radius 3 is 2.27 bits per heavy atom. The molecule has 4 rings (SSSR count). The maximum absolute atomic E-state index is 14.4. The lowest BCUT2D eigenvalue weighted by Crippen LogP contribution is -2.60. The van der Waals surface area contributed by atoms with E-state index in [-0.39, 0.29) is 29.1 Å². The van der Waals surface area contributed by atoms with E-state index in [9.17, 15) is 24.0 Å². The summed E-state index contributed by atoms with van der Waals surface area (Å²) in [5.74, 6) is -2.08. The SMILES string of the molecule is CC(C)(C)OC(=O)N[C@@H]1C(=O)N2CC3C([C@H]2C(=O)N[C@H](C(=O)C(N)=O)CCCCCCCC2CCCC1C2)C3(C)C. The zero-order valence-corrected chi connectivity index (χ0v) is 25.5. The number of hydrogen-bond acceptors (Lipinski definition) is 6. The lowest BCUT2D eigenvalue weighted by atomic mass is 9.75. The van der Waals surface area contributed by atoms with Crippen LogP contribution in [0.4, 0.5) is 4.79 Å². The fourth-order valence-electron chi connectivity index (χ4n) is 7.71. The van der Waals surface area contributed by atoms with E-state index in [0.29, 0.717) is 25.3 Å². The Morgan fingerprint density at radius 2 is 1.61 bits per heavy atom. The van der Waals surface area contributed by atoms with Gasteiger partial charge in [0.1, 0.15) is 17.7 Å². The highest BCUT2D eigenvalue weighted by atomic mass is 16.6. The van der Waals surface area contributed by atoms with Gasteiger partial charge in [-0.15, -0.1) is 0 Å². The van der Waals surface area contributed by atoms with Crippen LogP contribution in [0.1, 0.15) is 105 Å². The van der Waals surface area contributed by atoms with Crippen LogP contribution in [0, 0.1) is 29.1 Å². The maximum Gasteiger partial charge on any atom is 0.408 e. The summed E-state index contributed by atoms with van der Waals surface area (Å²) in [4.78, 5) is 67.3. The van der Waals surface area contributed by atoms with Crippen molar-refractivity contribution < 1.29 is 28.7 Å². The van der Waals surface area contributed by atoms with Gasteiger partial charge >= 0.3 is 6.09 Å². The number of Topliss-reactive ketones (excluding diaryl/α,β-unsaturated/α-hetero) is 1. The predicted octanol–water partition coefficient (Wildman–Crippen LogP) is 3.45. The molecule has 4 aliphatic rings. The molecular formula is C31H50N4O6. The number of nitrogens with one attached hydrogen (secondary N) is 2. The van der Waals surface area contributed by atoms with E-state index in [4.69, 9.17) is 10.5 Å². The lowest BCUT2D eigenvalue weighted by molar-refractivity contribution is -0.144. The van der Waals surface area contributed by atoms with Gasteiger partial charge in [0.05, 0.1) is 6.04 Å². The molecule has 4 N–H and O–H groups in total. The molecule has 2 aliphatic heterocycles. The standard InChI is InChI=1S/C31H50N4O6/c1-30(2,3)41-29(40)34-23-19-14-11-13-18(16-19)12-9-7-6-8-10-15-21(25(36)26(32)37)33-27(38)24-22-20(31(22,4)5)17-35(24)28(23)39/h18-24H,6-17H2,1-5H3,(H2,32,37)(H,33,38)(H,34,40)/t18?,19?,20?,21-,22?,23-,24-/m0/s1. The average molecular weight is 575 g/mol. The first-order valence-corrected chi connectivity index (χ1v) is 15.6. The average Bonchev–Trinajstić information content (AvgIpc) is 3.21. The molecule has 2 bridgehead atoms. The number of ketones is 1. The van der Waals surface area contributed by atoms with Gasteiger partial charge < -0.3 is 26.0 Å². The molecule has 0 radical (unpaired) electrons. The number of hydrogen-bond donors (Lipinski definition) is 3. The molecule has 230 valence electrons. The molecule has 7 atom stereocenters. The Bertz CT molecular complexity index is 1040. The molecule has 0 aromatic heterocycles. The smallest absolute Gasteiger partial charge is 0.408 e. The van der Waals surface area contributed by atoms with Gasteiger partial charge in [0, 0.05) is 6.54 Å². The topological polar surface area (TPSA) is 148 Å². The van der Waals surface area contributed by atoms with Crippen molar-refractivity contribution in [3.05, 3.63) is 0 Å². The van der Waals surface area contributed by atoms with Gasteiger partial charge in [0.2, 0.25) is 17.6 Å². The second-order valence-electron chi connectivity index (χ2n) is 14.4. The summed E-state index contributed by atoms with van der Waals surface area (Å²) < 4.78 is 5.56. The highest BCUT2D eigenvalue weighted by Gasteiger charge is 2.69. The predicted molar refractivity (Wildman–Crippen MR) is 153 cm³/mol. The van der Waals surface area contributed by atoms with Crippen molar-refractivity contribution in [1.82, 2.24) is 15.5 Å². The van der Waals surface area contributed by atoms with Crippen LogP contribution in [0.3, 0.4) is 0 Å². The van der Waals surface area contributed by atoms with E-state index in [1.165, 1.54) is 0 Å². The van der Waals surface area contributed by atoms with E-state index in [2.05, 4.69) is 24.5 Å². The van der Waals surface area contributed by atoms with Crippen LogP contribution in [-0.2, 0) is 23.9 Å². The van der Waals surface area contributed by atoms with Crippen LogP contribution >= 0.6 is 0 Å². The van der Waals surface area contributed by atoms with Gasteiger partial charge in [0.15, 0.2) is 0 Å².